The van der Waals surface area contributed by atoms with Gasteiger partial charge in [-0.2, -0.15) is 5.10 Å². The number of hydrogen-bond donors (Lipinski definition) is 2. The van der Waals surface area contributed by atoms with E-state index in [9.17, 15) is 0 Å². The van der Waals surface area contributed by atoms with Crippen molar-refractivity contribution < 1.29 is 0 Å². The van der Waals surface area contributed by atoms with Crippen molar-refractivity contribution in [1.29, 1.82) is 0 Å². The fourth-order valence-electron chi connectivity index (χ4n) is 2.13. The monoisotopic (exact) mass is 265 g/mol. The van der Waals surface area contributed by atoms with Crippen LogP contribution in [0.1, 0.15) is 5.69 Å². The van der Waals surface area contributed by atoms with E-state index in [1.165, 1.54) is 0 Å². The molecule has 0 radical (unpaired) electrons. The Balaban J connectivity index is 2.20. The van der Waals surface area contributed by atoms with Crippen LogP contribution in [-0.2, 0) is 0 Å². The van der Waals surface area contributed by atoms with E-state index in [0.29, 0.717) is 0 Å². The molecule has 20 heavy (non-hydrogen) atoms. The molecule has 0 saturated carbocycles. The minimum absolute atomic E-state index is 0.809. The third-order valence-electron chi connectivity index (χ3n) is 3.16. The molecular weight excluding hydrogens is 250 g/mol. The van der Waals surface area contributed by atoms with Crippen LogP contribution in [0.3, 0.4) is 0 Å². The van der Waals surface area contributed by atoms with Crippen molar-refractivity contribution in [2.45, 2.75) is 6.92 Å². The number of aromatic amines is 2. The van der Waals surface area contributed by atoms with Gasteiger partial charge >= 0.3 is 0 Å². The summed E-state index contributed by atoms with van der Waals surface area (Å²) in [4.78, 5) is 11.8. The summed E-state index contributed by atoms with van der Waals surface area (Å²) in [5.74, 6) is 0. The highest BCUT2D eigenvalue weighted by Crippen LogP contribution is 2.16. The van der Waals surface area contributed by atoms with Gasteiger partial charge in [0.05, 0.1) is 5.69 Å². The lowest BCUT2D eigenvalue weighted by Gasteiger charge is -1.95. The summed E-state index contributed by atoms with van der Waals surface area (Å²) in [6.07, 6.45) is 3.62. The number of fused-ring (bicyclic) bond motifs is 1. The van der Waals surface area contributed by atoms with Crippen LogP contribution in [0.4, 0.5) is 0 Å². The van der Waals surface area contributed by atoms with Crippen LogP contribution in [0.5, 0.6) is 0 Å². The molecule has 0 aliphatic carbocycles. The van der Waals surface area contributed by atoms with Crippen LogP contribution in [0.2, 0.25) is 0 Å². The SMILES string of the molecule is C=c1/c(=C\C=N/C)[nH]c2nc(-c3cc(C)[nH]n3)ccc12. The molecule has 0 fully saturated rings. The second-order valence-corrected chi connectivity index (χ2v) is 4.62. The summed E-state index contributed by atoms with van der Waals surface area (Å²) in [6.45, 7) is 6.05. The van der Waals surface area contributed by atoms with Crippen molar-refractivity contribution in [2.75, 3.05) is 7.05 Å². The largest absolute Gasteiger partial charge is 0.339 e. The van der Waals surface area contributed by atoms with Gasteiger partial charge in [-0.1, -0.05) is 6.58 Å². The van der Waals surface area contributed by atoms with E-state index in [4.69, 9.17) is 0 Å². The molecule has 3 aromatic heterocycles. The molecular formula is C15H15N5. The number of nitrogens with zero attached hydrogens (tertiary/aromatic N) is 3. The Hall–Kier alpha value is -2.69. The minimum atomic E-state index is 0.809. The van der Waals surface area contributed by atoms with Gasteiger partial charge in [-0.05, 0) is 31.2 Å². The lowest BCUT2D eigenvalue weighted by atomic mass is 10.2. The number of hydrogen-bond acceptors (Lipinski definition) is 3. The van der Waals surface area contributed by atoms with Crippen molar-refractivity contribution in [3.63, 3.8) is 0 Å². The van der Waals surface area contributed by atoms with Crippen molar-refractivity contribution in [3.8, 4) is 11.4 Å². The molecule has 3 rings (SSSR count). The molecule has 3 aromatic rings. The molecule has 0 aromatic carbocycles. The van der Waals surface area contributed by atoms with E-state index >= 15 is 0 Å². The molecule has 0 saturated heterocycles. The van der Waals surface area contributed by atoms with Gasteiger partial charge in [0, 0.05) is 34.9 Å². The average molecular weight is 265 g/mol. The summed E-state index contributed by atoms with van der Waals surface area (Å²) in [6, 6.07) is 5.94. The lowest BCUT2D eigenvalue weighted by Crippen LogP contribution is -2.20. The van der Waals surface area contributed by atoms with Gasteiger partial charge < -0.3 is 4.98 Å². The molecule has 0 aliphatic heterocycles. The van der Waals surface area contributed by atoms with Crippen molar-refractivity contribution in [2.24, 2.45) is 4.99 Å². The number of pyridine rings is 1. The first-order chi connectivity index (χ1) is 9.69. The number of H-pyrrole nitrogens is 2. The predicted octanol–water partition coefficient (Wildman–Crippen LogP) is 1.15. The fraction of sp³-hybridized carbons (Fsp3) is 0.133. The predicted molar refractivity (Wildman–Crippen MR) is 82.1 cm³/mol. The first kappa shape index (κ1) is 12.3. The maximum atomic E-state index is 4.61. The summed E-state index contributed by atoms with van der Waals surface area (Å²) < 4.78 is 0. The van der Waals surface area contributed by atoms with E-state index in [-0.39, 0.29) is 0 Å². The quantitative estimate of drug-likeness (QED) is 0.682. The van der Waals surface area contributed by atoms with Gasteiger partial charge in [0.1, 0.15) is 11.3 Å². The highest BCUT2D eigenvalue weighted by atomic mass is 15.1. The molecule has 5 heteroatoms. The van der Waals surface area contributed by atoms with E-state index in [2.05, 4.69) is 31.7 Å². The maximum absolute atomic E-state index is 4.61. The second-order valence-electron chi connectivity index (χ2n) is 4.62. The van der Waals surface area contributed by atoms with Crippen molar-refractivity contribution >= 4 is 29.9 Å². The van der Waals surface area contributed by atoms with E-state index in [1.807, 2.05) is 31.2 Å². The van der Waals surface area contributed by atoms with Gasteiger partial charge in [0.15, 0.2) is 0 Å². The first-order valence-corrected chi connectivity index (χ1v) is 6.31. The average Bonchev–Trinajstić information content (AvgIpc) is 3.01. The van der Waals surface area contributed by atoms with Gasteiger partial charge in [0.25, 0.3) is 0 Å². The van der Waals surface area contributed by atoms with Gasteiger partial charge in [-0.25, -0.2) is 4.98 Å². The lowest BCUT2D eigenvalue weighted by molar-refractivity contribution is 1.05. The standard InChI is InChI=1S/C15H15N5/c1-9-8-14(20-19-9)13-5-4-11-10(2)12(6-7-16-3)17-15(11)18-13/h4-8H,2H2,1,3H3,(H,17,18)(H,19,20)/b12-6+,16-7-. The zero-order chi connectivity index (χ0) is 14.1. The van der Waals surface area contributed by atoms with Gasteiger partial charge in [0.2, 0.25) is 0 Å². The Bertz CT molecular complexity index is 898. The maximum Gasteiger partial charge on any atom is 0.139 e. The molecule has 0 spiro atoms. The summed E-state index contributed by atoms with van der Waals surface area (Å²) in [5.41, 5.74) is 3.49. The Morgan fingerprint density at radius 2 is 2.15 bits per heavy atom. The molecule has 0 bridgehead atoms. The Labute approximate surface area is 115 Å². The van der Waals surface area contributed by atoms with Crippen LogP contribution in [0.15, 0.2) is 23.2 Å². The van der Waals surface area contributed by atoms with E-state index in [1.54, 1.807) is 13.3 Å². The molecule has 0 amide bonds. The highest BCUT2D eigenvalue weighted by molar-refractivity contribution is 5.92. The molecule has 0 unspecified atom stereocenters. The number of aromatic nitrogens is 4. The third-order valence-corrected chi connectivity index (χ3v) is 3.16. The molecule has 5 nitrogen and oxygen atoms in total. The van der Waals surface area contributed by atoms with Crippen LogP contribution in [-0.4, -0.2) is 33.4 Å². The molecule has 3 heterocycles. The number of aliphatic imine (C=N–C) groups is 1. The summed E-state index contributed by atoms with van der Waals surface area (Å²) in [5, 5.41) is 10.0. The van der Waals surface area contributed by atoms with Crippen LogP contribution in [0, 0.1) is 6.92 Å². The topological polar surface area (TPSA) is 69.7 Å². The zero-order valence-electron chi connectivity index (χ0n) is 11.4. The molecule has 0 aliphatic rings. The molecule has 2 N–H and O–H groups in total. The van der Waals surface area contributed by atoms with Crippen molar-refractivity contribution in [1.82, 2.24) is 20.2 Å². The Morgan fingerprint density at radius 1 is 1.30 bits per heavy atom. The zero-order valence-corrected chi connectivity index (χ0v) is 11.4. The third kappa shape index (κ3) is 2.03. The van der Waals surface area contributed by atoms with E-state index in [0.717, 1.165) is 38.7 Å². The number of aryl methyl sites for hydroxylation is 1. The number of rotatable bonds is 2. The normalized spacial score (nSPS) is 12.8. The highest BCUT2D eigenvalue weighted by Gasteiger charge is 2.06. The van der Waals surface area contributed by atoms with Crippen molar-refractivity contribution in [3.05, 3.63) is 34.5 Å². The van der Waals surface area contributed by atoms with Gasteiger partial charge in [-0.15, -0.1) is 0 Å². The van der Waals surface area contributed by atoms with E-state index < -0.39 is 0 Å². The Morgan fingerprint density at radius 3 is 2.85 bits per heavy atom. The Kier molecular flexibility index (Phi) is 2.95. The summed E-state index contributed by atoms with van der Waals surface area (Å²) >= 11 is 0. The van der Waals surface area contributed by atoms with Crippen LogP contribution in [0.25, 0.3) is 35.1 Å². The minimum Gasteiger partial charge on any atom is -0.339 e. The molecule has 100 valence electrons. The second kappa shape index (κ2) is 4.77. The van der Waals surface area contributed by atoms with Crippen LogP contribution >= 0.6 is 0 Å². The number of nitrogens with one attached hydrogen (secondary N) is 2. The molecule has 0 atom stereocenters. The smallest absolute Gasteiger partial charge is 0.139 e. The van der Waals surface area contributed by atoms with Gasteiger partial charge in [-0.3, -0.25) is 10.1 Å². The fourth-order valence-corrected chi connectivity index (χ4v) is 2.13. The van der Waals surface area contributed by atoms with Crippen LogP contribution < -0.4 is 10.6 Å². The summed E-state index contributed by atoms with van der Waals surface area (Å²) in [7, 11) is 1.73. The first-order valence-electron chi connectivity index (χ1n) is 6.31.